The minimum atomic E-state index is -0.576. The third kappa shape index (κ3) is 1.78. The first-order valence-corrected chi connectivity index (χ1v) is 4.35. The minimum Gasteiger partial charge on any atom is -0.378 e. The second-order valence-corrected chi connectivity index (χ2v) is 2.99. The van der Waals surface area contributed by atoms with E-state index in [2.05, 4.69) is 15.0 Å². The molecule has 0 fully saturated rings. The molecule has 0 amide bonds. The van der Waals surface area contributed by atoms with Crippen molar-refractivity contribution in [2.45, 2.75) is 0 Å². The second kappa shape index (κ2) is 3.89. The van der Waals surface area contributed by atoms with Gasteiger partial charge in [-0.25, -0.2) is 15.0 Å². The van der Waals surface area contributed by atoms with Gasteiger partial charge in [0, 0.05) is 24.0 Å². The van der Waals surface area contributed by atoms with Crippen LogP contribution in [0.5, 0.6) is 0 Å². The summed E-state index contributed by atoms with van der Waals surface area (Å²) >= 11 is 0. The highest BCUT2D eigenvalue weighted by Gasteiger charge is 2.13. The molecule has 0 saturated heterocycles. The summed E-state index contributed by atoms with van der Waals surface area (Å²) in [6.45, 7) is 0. The average Bonchev–Trinajstić information content (AvgIpc) is 2.29. The molecule has 0 unspecified atom stereocenters. The second-order valence-electron chi connectivity index (χ2n) is 2.99. The van der Waals surface area contributed by atoms with Crippen molar-refractivity contribution < 1.29 is 4.92 Å². The van der Waals surface area contributed by atoms with Crippen molar-refractivity contribution in [3.8, 4) is 11.3 Å². The van der Waals surface area contributed by atoms with Gasteiger partial charge in [0.1, 0.15) is 6.33 Å². The maximum atomic E-state index is 10.5. The van der Waals surface area contributed by atoms with Crippen molar-refractivity contribution in [3.05, 3.63) is 41.0 Å². The summed E-state index contributed by atoms with van der Waals surface area (Å²) in [6, 6.07) is 2.82. The molecule has 2 N–H and O–H groups in total. The molecule has 0 aliphatic carbocycles. The van der Waals surface area contributed by atoms with Crippen molar-refractivity contribution in [3.63, 3.8) is 0 Å². The van der Waals surface area contributed by atoms with Crippen LogP contribution in [0.2, 0.25) is 0 Å². The van der Waals surface area contributed by atoms with E-state index in [0.717, 1.165) is 0 Å². The Kier molecular flexibility index (Phi) is 2.42. The summed E-state index contributed by atoms with van der Waals surface area (Å²) in [4.78, 5) is 21.5. The highest BCUT2D eigenvalue weighted by Crippen LogP contribution is 2.23. The smallest absolute Gasteiger partial charge is 0.311 e. The zero-order valence-electron chi connectivity index (χ0n) is 8.07. The van der Waals surface area contributed by atoms with Crippen molar-refractivity contribution in [2.75, 3.05) is 5.73 Å². The Morgan fingerprint density at radius 2 is 1.94 bits per heavy atom. The minimum absolute atomic E-state index is 0.119. The Morgan fingerprint density at radius 3 is 2.50 bits per heavy atom. The van der Waals surface area contributed by atoms with E-state index in [1.54, 1.807) is 12.4 Å². The van der Waals surface area contributed by atoms with Crippen LogP contribution in [0.15, 0.2) is 30.9 Å². The topological polar surface area (TPSA) is 108 Å². The van der Waals surface area contributed by atoms with Crippen LogP contribution in [0.3, 0.4) is 0 Å². The standard InChI is InChI=1S/C9H7N5O2/c10-9-8(14(15)16)2-1-7(13-9)6-3-11-5-12-4-6/h1-5H,(H2,10,13). The molecular formula is C9H7N5O2. The summed E-state index contributed by atoms with van der Waals surface area (Å²) in [5.41, 5.74) is 6.42. The molecule has 80 valence electrons. The van der Waals surface area contributed by atoms with E-state index in [-0.39, 0.29) is 11.5 Å². The molecule has 7 heteroatoms. The molecular weight excluding hydrogens is 210 g/mol. The molecule has 0 aliphatic heterocycles. The average molecular weight is 217 g/mol. The van der Waals surface area contributed by atoms with Gasteiger partial charge in [-0.3, -0.25) is 10.1 Å². The van der Waals surface area contributed by atoms with Crippen LogP contribution in [0, 0.1) is 10.1 Å². The normalized spacial score (nSPS) is 10.0. The van der Waals surface area contributed by atoms with E-state index in [0.29, 0.717) is 11.3 Å². The fraction of sp³-hybridized carbons (Fsp3) is 0. The fourth-order valence-corrected chi connectivity index (χ4v) is 1.21. The van der Waals surface area contributed by atoms with Crippen LogP contribution in [0.4, 0.5) is 11.5 Å². The first-order chi connectivity index (χ1) is 7.68. The zero-order valence-corrected chi connectivity index (χ0v) is 8.07. The molecule has 0 aromatic carbocycles. The van der Waals surface area contributed by atoms with Gasteiger partial charge < -0.3 is 5.73 Å². The van der Waals surface area contributed by atoms with Crippen LogP contribution >= 0.6 is 0 Å². The highest BCUT2D eigenvalue weighted by atomic mass is 16.6. The molecule has 2 rings (SSSR count). The lowest BCUT2D eigenvalue weighted by Gasteiger charge is -2.01. The SMILES string of the molecule is Nc1nc(-c2cncnc2)ccc1[N+](=O)[O-]. The predicted octanol–water partition coefficient (Wildman–Crippen LogP) is 1.03. The first kappa shape index (κ1) is 9.97. The molecule has 7 nitrogen and oxygen atoms in total. The summed E-state index contributed by atoms with van der Waals surface area (Å²) in [6.07, 6.45) is 4.50. The van der Waals surface area contributed by atoms with E-state index in [1.165, 1.54) is 18.5 Å². The van der Waals surface area contributed by atoms with Crippen molar-refractivity contribution in [1.82, 2.24) is 15.0 Å². The van der Waals surface area contributed by atoms with E-state index < -0.39 is 4.92 Å². The van der Waals surface area contributed by atoms with Gasteiger partial charge in [0.2, 0.25) is 5.82 Å². The Hall–Kier alpha value is -2.57. The Morgan fingerprint density at radius 1 is 1.25 bits per heavy atom. The molecule has 2 aromatic rings. The largest absolute Gasteiger partial charge is 0.378 e. The van der Waals surface area contributed by atoms with Gasteiger partial charge in [0.25, 0.3) is 0 Å². The quantitative estimate of drug-likeness (QED) is 0.594. The third-order valence-corrected chi connectivity index (χ3v) is 1.96. The highest BCUT2D eigenvalue weighted by molar-refractivity contribution is 5.63. The number of rotatable bonds is 2. The summed E-state index contributed by atoms with van der Waals surface area (Å²) in [5.74, 6) is -0.119. The Balaban J connectivity index is 2.46. The molecule has 0 bridgehead atoms. The van der Waals surface area contributed by atoms with Crippen LogP contribution in [0.1, 0.15) is 0 Å². The Labute approximate surface area is 90.1 Å². The number of aromatic nitrogens is 3. The van der Waals surface area contributed by atoms with Gasteiger partial charge in [-0.15, -0.1) is 0 Å². The monoisotopic (exact) mass is 217 g/mol. The number of nitro groups is 1. The zero-order chi connectivity index (χ0) is 11.5. The van der Waals surface area contributed by atoms with Crippen LogP contribution in [0.25, 0.3) is 11.3 Å². The third-order valence-electron chi connectivity index (χ3n) is 1.96. The fourth-order valence-electron chi connectivity index (χ4n) is 1.21. The molecule has 16 heavy (non-hydrogen) atoms. The van der Waals surface area contributed by atoms with Crippen molar-refractivity contribution in [2.24, 2.45) is 0 Å². The number of nitrogen functional groups attached to an aromatic ring is 1. The lowest BCUT2D eigenvalue weighted by molar-refractivity contribution is -0.384. The van der Waals surface area contributed by atoms with Gasteiger partial charge in [0.05, 0.1) is 10.6 Å². The molecule has 0 spiro atoms. The van der Waals surface area contributed by atoms with E-state index in [1.807, 2.05) is 0 Å². The van der Waals surface area contributed by atoms with E-state index in [4.69, 9.17) is 5.73 Å². The molecule has 2 aromatic heterocycles. The molecule has 0 atom stereocenters. The maximum Gasteiger partial charge on any atom is 0.311 e. The molecule has 0 aliphatic rings. The van der Waals surface area contributed by atoms with Gasteiger partial charge in [-0.2, -0.15) is 0 Å². The van der Waals surface area contributed by atoms with Crippen molar-refractivity contribution >= 4 is 11.5 Å². The Bertz CT molecular complexity index is 529. The molecule has 0 radical (unpaired) electrons. The van der Waals surface area contributed by atoms with Crippen LogP contribution in [-0.4, -0.2) is 19.9 Å². The predicted molar refractivity (Wildman–Crippen MR) is 56.3 cm³/mol. The van der Waals surface area contributed by atoms with Gasteiger partial charge >= 0.3 is 5.69 Å². The number of pyridine rings is 1. The lowest BCUT2D eigenvalue weighted by atomic mass is 10.2. The number of nitrogens with zero attached hydrogens (tertiary/aromatic N) is 4. The summed E-state index contributed by atoms with van der Waals surface area (Å²) < 4.78 is 0. The van der Waals surface area contributed by atoms with Gasteiger partial charge in [-0.1, -0.05) is 0 Å². The number of anilines is 1. The van der Waals surface area contributed by atoms with E-state index >= 15 is 0 Å². The maximum absolute atomic E-state index is 10.5. The van der Waals surface area contributed by atoms with Crippen LogP contribution < -0.4 is 5.73 Å². The number of nitrogens with two attached hydrogens (primary N) is 1. The number of hydrogen-bond donors (Lipinski definition) is 1. The number of hydrogen-bond acceptors (Lipinski definition) is 6. The summed E-state index contributed by atoms with van der Waals surface area (Å²) in [7, 11) is 0. The van der Waals surface area contributed by atoms with Gasteiger partial charge in [-0.05, 0) is 6.07 Å². The van der Waals surface area contributed by atoms with E-state index in [9.17, 15) is 10.1 Å². The molecule has 0 saturated carbocycles. The first-order valence-electron chi connectivity index (χ1n) is 4.35. The van der Waals surface area contributed by atoms with Crippen LogP contribution in [-0.2, 0) is 0 Å². The molecule has 2 heterocycles. The summed E-state index contributed by atoms with van der Waals surface area (Å²) in [5, 5.41) is 10.5. The van der Waals surface area contributed by atoms with Crippen molar-refractivity contribution in [1.29, 1.82) is 0 Å². The van der Waals surface area contributed by atoms with Gasteiger partial charge in [0.15, 0.2) is 0 Å². The lowest BCUT2D eigenvalue weighted by Crippen LogP contribution is -1.99.